The lowest BCUT2D eigenvalue weighted by atomic mass is 9.96. The first-order chi connectivity index (χ1) is 14.5. The summed E-state index contributed by atoms with van der Waals surface area (Å²) < 4.78 is 7.45. The summed E-state index contributed by atoms with van der Waals surface area (Å²) >= 11 is 1.49. The van der Waals surface area contributed by atoms with Gasteiger partial charge >= 0.3 is 6.03 Å². The average Bonchev–Trinajstić information content (AvgIpc) is 3.34. The van der Waals surface area contributed by atoms with Gasteiger partial charge in [0.15, 0.2) is 0 Å². The van der Waals surface area contributed by atoms with Gasteiger partial charge in [-0.25, -0.2) is 4.79 Å². The topological polar surface area (TPSA) is 79.7 Å². The number of aryl methyl sites for hydroxylation is 1. The Labute approximate surface area is 181 Å². The minimum absolute atomic E-state index is 0.0915. The van der Waals surface area contributed by atoms with Crippen LogP contribution in [0.4, 0.5) is 4.79 Å². The summed E-state index contributed by atoms with van der Waals surface area (Å²) in [7, 11) is 1.72. The first kappa shape index (κ1) is 21.1. The van der Waals surface area contributed by atoms with Crippen molar-refractivity contribution in [2.75, 3.05) is 33.4 Å². The smallest absolute Gasteiger partial charge is 0.321 e. The first-order valence-electron chi connectivity index (χ1n) is 10.8. The first-order valence-corrected chi connectivity index (χ1v) is 11.7. The molecule has 9 heteroatoms. The average molecular weight is 434 g/mol. The Bertz CT molecular complexity index is 911. The van der Waals surface area contributed by atoms with Crippen LogP contribution in [-0.4, -0.2) is 71.0 Å². The fourth-order valence-corrected chi connectivity index (χ4v) is 5.39. The van der Waals surface area contributed by atoms with Crippen molar-refractivity contribution in [1.29, 1.82) is 0 Å². The van der Waals surface area contributed by atoms with Crippen molar-refractivity contribution < 1.29 is 14.3 Å². The van der Waals surface area contributed by atoms with E-state index >= 15 is 0 Å². The zero-order valence-electron chi connectivity index (χ0n) is 18.0. The number of aromatic nitrogens is 2. The maximum Gasteiger partial charge on any atom is 0.321 e. The van der Waals surface area contributed by atoms with E-state index in [1.165, 1.54) is 30.6 Å². The molecule has 1 atom stereocenters. The van der Waals surface area contributed by atoms with E-state index in [1.807, 2.05) is 19.9 Å². The quantitative estimate of drug-likeness (QED) is 0.750. The second-order valence-electron chi connectivity index (χ2n) is 8.29. The predicted octanol–water partition coefficient (Wildman–Crippen LogP) is 3.37. The zero-order chi connectivity index (χ0) is 21.3. The van der Waals surface area contributed by atoms with Crippen molar-refractivity contribution in [3.05, 3.63) is 16.6 Å². The predicted molar refractivity (Wildman–Crippen MR) is 117 cm³/mol. The van der Waals surface area contributed by atoms with Gasteiger partial charge in [0.1, 0.15) is 11.0 Å². The molecule has 30 heavy (non-hydrogen) atoms. The molecule has 2 aliphatic rings. The molecule has 1 unspecified atom stereocenters. The van der Waals surface area contributed by atoms with Crippen LogP contribution in [-0.2, 0) is 4.74 Å². The van der Waals surface area contributed by atoms with E-state index in [4.69, 9.17) is 9.84 Å². The SMILES string of the molecule is Cc1nn(C2CCCCC2)c2sc(C(=O)NC(C)N(C)C(=O)N3CCOCC3)cc12. The van der Waals surface area contributed by atoms with Gasteiger partial charge in [0.25, 0.3) is 5.91 Å². The van der Waals surface area contributed by atoms with Gasteiger partial charge in [-0.2, -0.15) is 5.10 Å². The Balaban J connectivity index is 1.45. The lowest BCUT2D eigenvalue weighted by molar-refractivity contribution is 0.0410. The van der Waals surface area contributed by atoms with Crippen LogP contribution >= 0.6 is 11.3 Å². The van der Waals surface area contributed by atoms with E-state index in [1.54, 1.807) is 16.8 Å². The Morgan fingerprint density at radius 3 is 2.67 bits per heavy atom. The van der Waals surface area contributed by atoms with E-state index < -0.39 is 6.17 Å². The summed E-state index contributed by atoms with van der Waals surface area (Å²) in [5.41, 5.74) is 0.971. The maximum atomic E-state index is 12.9. The number of amides is 3. The molecule has 0 spiro atoms. The summed E-state index contributed by atoms with van der Waals surface area (Å²) in [6, 6.07) is 2.28. The molecule has 1 saturated carbocycles. The van der Waals surface area contributed by atoms with Gasteiger partial charge < -0.3 is 19.9 Å². The Hall–Kier alpha value is -2.13. The molecule has 2 aromatic rings. The molecular formula is C21H31N5O3S. The van der Waals surface area contributed by atoms with Gasteiger partial charge in [-0.3, -0.25) is 9.48 Å². The lowest BCUT2D eigenvalue weighted by Crippen LogP contribution is -2.53. The highest BCUT2D eigenvalue weighted by molar-refractivity contribution is 7.20. The molecule has 2 aromatic heterocycles. The van der Waals surface area contributed by atoms with Crippen molar-refractivity contribution >= 4 is 33.5 Å². The van der Waals surface area contributed by atoms with E-state index in [0.29, 0.717) is 37.2 Å². The highest BCUT2D eigenvalue weighted by Crippen LogP contribution is 2.35. The number of fused-ring (bicyclic) bond motifs is 1. The largest absolute Gasteiger partial charge is 0.378 e. The van der Waals surface area contributed by atoms with E-state index in [-0.39, 0.29) is 11.9 Å². The fourth-order valence-electron chi connectivity index (χ4n) is 4.26. The van der Waals surface area contributed by atoms with Crippen LogP contribution in [0.1, 0.15) is 60.4 Å². The molecule has 3 amide bonds. The molecule has 1 saturated heterocycles. The number of ether oxygens (including phenoxy) is 1. The van der Waals surface area contributed by atoms with Crippen LogP contribution in [0.3, 0.4) is 0 Å². The lowest BCUT2D eigenvalue weighted by Gasteiger charge is -2.34. The fraction of sp³-hybridized carbons (Fsp3) is 0.667. The number of carbonyl (C=O) groups excluding carboxylic acids is 2. The van der Waals surface area contributed by atoms with Crippen molar-refractivity contribution in [1.82, 2.24) is 24.9 Å². The van der Waals surface area contributed by atoms with Gasteiger partial charge in [0, 0.05) is 25.5 Å². The summed E-state index contributed by atoms with van der Waals surface area (Å²) in [5.74, 6) is -0.153. The van der Waals surface area contributed by atoms with Crippen molar-refractivity contribution in [3.63, 3.8) is 0 Å². The third-order valence-electron chi connectivity index (χ3n) is 6.22. The molecular weight excluding hydrogens is 402 g/mol. The molecule has 1 aliphatic heterocycles. The van der Waals surface area contributed by atoms with Crippen LogP contribution in [0, 0.1) is 6.92 Å². The maximum absolute atomic E-state index is 12.9. The van der Waals surface area contributed by atoms with Crippen molar-refractivity contribution in [2.24, 2.45) is 0 Å². The number of rotatable bonds is 4. The minimum atomic E-state index is -0.408. The Kier molecular flexibility index (Phi) is 6.29. The monoisotopic (exact) mass is 433 g/mol. The molecule has 0 bridgehead atoms. The molecule has 1 N–H and O–H groups in total. The summed E-state index contributed by atoms with van der Waals surface area (Å²) in [4.78, 5) is 30.7. The van der Waals surface area contributed by atoms with Gasteiger partial charge in [-0.15, -0.1) is 11.3 Å². The number of nitrogens with one attached hydrogen (secondary N) is 1. The van der Waals surface area contributed by atoms with Crippen LogP contribution in [0.2, 0.25) is 0 Å². The Morgan fingerprint density at radius 1 is 1.27 bits per heavy atom. The second kappa shape index (κ2) is 8.93. The number of hydrogen-bond acceptors (Lipinski definition) is 5. The molecule has 8 nitrogen and oxygen atoms in total. The molecule has 164 valence electrons. The van der Waals surface area contributed by atoms with Gasteiger partial charge in [0.05, 0.1) is 29.8 Å². The molecule has 2 fully saturated rings. The van der Waals surface area contributed by atoms with Crippen LogP contribution in [0.25, 0.3) is 10.2 Å². The highest BCUT2D eigenvalue weighted by atomic mass is 32.1. The third-order valence-corrected chi connectivity index (χ3v) is 7.34. The van der Waals surface area contributed by atoms with Crippen molar-refractivity contribution in [2.45, 2.75) is 58.2 Å². The molecule has 3 heterocycles. The number of thiophene rings is 1. The Morgan fingerprint density at radius 2 is 1.97 bits per heavy atom. The van der Waals surface area contributed by atoms with Gasteiger partial charge in [-0.05, 0) is 32.8 Å². The van der Waals surface area contributed by atoms with Gasteiger partial charge in [0.2, 0.25) is 0 Å². The number of hydrogen-bond donors (Lipinski definition) is 1. The van der Waals surface area contributed by atoms with Crippen LogP contribution in [0.5, 0.6) is 0 Å². The number of morpholine rings is 1. The zero-order valence-corrected chi connectivity index (χ0v) is 18.8. The number of carbonyl (C=O) groups is 2. The van der Waals surface area contributed by atoms with E-state index in [0.717, 1.165) is 28.8 Å². The molecule has 1 aliphatic carbocycles. The van der Waals surface area contributed by atoms with Gasteiger partial charge in [-0.1, -0.05) is 19.3 Å². The second-order valence-corrected chi connectivity index (χ2v) is 9.32. The molecule has 0 radical (unpaired) electrons. The molecule has 0 aromatic carbocycles. The highest BCUT2D eigenvalue weighted by Gasteiger charge is 2.26. The molecule has 4 rings (SSSR count). The number of nitrogens with zero attached hydrogens (tertiary/aromatic N) is 4. The minimum Gasteiger partial charge on any atom is -0.378 e. The van der Waals surface area contributed by atoms with E-state index in [2.05, 4.69) is 10.00 Å². The van der Waals surface area contributed by atoms with Crippen LogP contribution < -0.4 is 5.32 Å². The van der Waals surface area contributed by atoms with E-state index in [9.17, 15) is 9.59 Å². The summed E-state index contributed by atoms with van der Waals surface area (Å²) in [6.45, 7) is 6.11. The normalized spacial score (nSPS) is 19.1. The number of urea groups is 1. The third kappa shape index (κ3) is 4.18. The standard InChI is InChI=1S/C21H31N5O3S/c1-14-17-13-18(30-20(17)26(23-14)16-7-5-4-6-8-16)19(27)22-15(2)24(3)21(28)25-9-11-29-12-10-25/h13,15-16H,4-12H2,1-3H3,(H,22,27). The van der Waals surface area contributed by atoms with Crippen molar-refractivity contribution in [3.8, 4) is 0 Å². The summed E-state index contributed by atoms with van der Waals surface area (Å²) in [5, 5.41) is 8.80. The van der Waals surface area contributed by atoms with Crippen LogP contribution in [0.15, 0.2) is 6.07 Å². The summed E-state index contributed by atoms with van der Waals surface area (Å²) in [6.07, 6.45) is 5.68.